The van der Waals surface area contributed by atoms with Gasteiger partial charge in [0.15, 0.2) is 0 Å². The van der Waals surface area contributed by atoms with E-state index in [2.05, 4.69) is 22.4 Å². The molecule has 2 aliphatic rings. The van der Waals surface area contributed by atoms with E-state index in [9.17, 15) is 9.59 Å². The highest BCUT2D eigenvalue weighted by Gasteiger charge is 2.24. The second-order valence-electron chi connectivity index (χ2n) is 9.98. The zero-order chi connectivity index (χ0) is 25.2. The monoisotopic (exact) mass is 488 g/mol. The first-order valence-corrected chi connectivity index (χ1v) is 13.3. The Kier molecular flexibility index (Phi) is 9.42. The molecular weight excluding hydrogens is 452 g/mol. The van der Waals surface area contributed by atoms with Crippen molar-refractivity contribution >= 4 is 23.4 Å². The van der Waals surface area contributed by atoms with E-state index < -0.39 is 0 Å². The Bertz CT molecular complexity index is 1060. The van der Waals surface area contributed by atoms with Crippen molar-refractivity contribution in [3.8, 4) is 11.1 Å². The summed E-state index contributed by atoms with van der Waals surface area (Å²) in [7, 11) is 0. The van der Waals surface area contributed by atoms with Gasteiger partial charge in [0, 0.05) is 6.42 Å². The third-order valence-corrected chi connectivity index (χ3v) is 7.16. The zero-order valence-corrected chi connectivity index (χ0v) is 21.2. The van der Waals surface area contributed by atoms with E-state index in [0.29, 0.717) is 17.8 Å². The minimum absolute atomic E-state index is 0.0644. The van der Waals surface area contributed by atoms with Gasteiger partial charge in [-0.2, -0.15) is 0 Å². The van der Waals surface area contributed by atoms with Crippen LogP contribution in [0.25, 0.3) is 11.1 Å². The summed E-state index contributed by atoms with van der Waals surface area (Å²) in [6, 6.07) is 18.1. The van der Waals surface area contributed by atoms with Gasteiger partial charge in [-0.25, -0.2) is 9.59 Å². The molecule has 2 aromatic carbocycles. The van der Waals surface area contributed by atoms with Gasteiger partial charge < -0.3 is 9.68 Å². The lowest BCUT2D eigenvalue weighted by molar-refractivity contribution is -0.150. The lowest BCUT2D eigenvalue weighted by atomic mass is 9.89. The van der Waals surface area contributed by atoms with Crippen LogP contribution < -0.4 is 0 Å². The van der Waals surface area contributed by atoms with Gasteiger partial charge in [-0.1, -0.05) is 103 Å². The fraction of sp³-hybridized carbons (Fsp3) is 0.467. The van der Waals surface area contributed by atoms with E-state index in [-0.39, 0.29) is 23.8 Å². The second-order valence-corrected chi connectivity index (χ2v) is 9.98. The van der Waals surface area contributed by atoms with Gasteiger partial charge in [0.2, 0.25) is 0 Å². The Labute approximate surface area is 213 Å². The van der Waals surface area contributed by atoms with Gasteiger partial charge in [0.25, 0.3) is 0 Å². The third-order valence-electron chi connectivity index (χ3n) is 7.16. The molecule has 0 radical (unpaired) electrons. The Morgan fingerprint density at radius 3 is 1.75 bits per heavy atom. The maximum absolute atomic E-state index is 12.6. The number of hydrogen-bond acceptors (Lipinski definition) is 6. The summed E-state index contributed by atoms with van der Waals surface area (Å²) < 4.78 is 0. The van der Waals surface area contributed by atoms with Gasteiger partial charge in [-0.15, -0.1) is 0 Å². The fourth-order valence-electron chi connectivity index (χ4n) is 5.00. The van der Waals surface area contributed by atoms with E-state index in [1.54, 1.807) is 6.92 Å². The summed E-state index contributed by atoms with van der Waals surface area (Å²) in [6.45, 7) is 1.80. The molecule has 0 spiro atoms. The molecule has 2 saturated carbocycles. The summed E-state index contributed by atoms with van der Waals surface area (Å²) in [5, 5.41) is 8.37. The maximum Gasteiger partial charge on any atom is 0.338 e. The molecule has 2 aliphatic carbocycles. The first-order chi connectivity index (χ1) is 17.6. The first kappa shape index (κ1) is 25.8. The maximum atomic E-state index is 12.6. The van der Waals surface area contributed by atoms with E-state index in [1.165, 1.54) is 12.8 Å². The average molecular weight is 489 g/mol. The van der Waals surface area contributed by atoms with Gasteiger partial charge in [-0.3, -0.25) is 0 Å². The number of hydrogen-bond donors (Lipinski definition) is 0. The smallest absolute Gasteiger partial charge is 0.318 e. The number of oxime groups is 2. The van der Waals surface area contributed by atoms with Crippen molar-refractivity contribution in [1.29, 1.82) is 0 Å². The van der Waals surface area contributed by atoms with Crippen LogP contribution in [0.1, 0.15) is 83.1 Å². The fourth-order valence-corrected chi connectivity index (χ4v) is 5.00. The van der Waals surface area contributed by atoms with E-state index in [4.69, 9.17) is 9.68 Å². The number of benzene rings is 2. The molecule has 0 N–H and O–H groups in total. The minimum atomic E-state index is -0.272. The van der Waals surface area contributed by atoms with E-state index in [1.807, 2.05) is 42.5 Å². The topological polar surface area (TPSA) is 77.3 Å². The predicted molar refractivity (Wildman–Crippen MR) is 141 cm³/mol. The van der Waals surface area contributed by atoms with Crippen molar-refractivity contribution in [3.63, 3.8) is 0 Å². The minimum Gasteiger partial charge on any atom is -0.318 e. The van der Waals surface area contributed by atoms with Crippen molar-refractivity contribution in [2.75, 3.05) is 0 Å². The summed E-state index contributed by atoms with van der Waals surface area (Å²) in [4.78, 5) is 35.7. The Morgan fingerprint density at radius 2 is 1.19 bits per heavy atom. The van der Waals surface area contributed by atoms with Gasteiger partial charge in [-0.05, 0) is 49.3 Å². The molecule has 36 heavy (non-hydrogen) atoms. The molecule has 0 aromatic heterocycles. The average Bonchev–Trinajstić information content (AvgIpc) is 2.95. The van der Waals surface area contributed by atoms with Crippen LogP contribution in [0.3, 0.4) is 0 Å². The normalized spacial score (nSPS) is 18.0. The highest BCUT2D eigenvalue weighted by Crippen LogP contribution is 2.26. The van der Waals surface area contributed by atoms with Crippen LogP contribution in [0.15, 0.2) is 64.9 Å². The van der Waals surface area contributed by atoms with Crippen LogP contribution in [0, 0.1) is 11.8 Å². The van der Waals surface area contributed by atoms with Crippen molar-refractivity contribution in [1.82, 2.24) is 0 Å². The first-order valence-electron chi connectivity index (χ1n) is 13.3. The zero-order valence-electron chi connectivity index (χ0n) is 21.2. The Morgan fingerprint density at radius 1 is 0.694 bits per heavy atom. The molecule has 0 saturated heterocycles. The third kappa shape index (κ3) is 7.36. The molecule has 6 nitrogen and oxygen atoms in total. The standard InChI is InChI=1S/C30H36N2O4/c1-22(31-35-29(33)26-13-7-3-8-14-26)21-28(32-36-30(34)27-15-9-4-10-16-27)25-19-17-24(18-20-25)23-11-5-2-6-12-23/h2,5-6,11-12,17-20,26-27H,3-4,7-10,13-16,21H2,1H3/b31-22+,32-28-. The van der Waals surface area contributed by atoms with Crippen LogP contribution in [0.5, 0.6) is 0 Å². The lowest BCUT2D eigenvalue weighted by Gasteiger charge is -2.18. The van der Waals surface area contributed by atoms with Gasteiger partial charge in [0.1, 0.15) is 0 Å². The molecule has 0 atom stereocenters. The van der Waals surface area contributed by atoms with Gasteiger partial charge >= 0.3 is 11.9 Å². The van der Waals surface area contributed by atoms with Crippen LogP contribution >= 0.6 is 0 Å². The molecule has 0 bridgehead atoms. The predicted octanol–water partition coefficient (Wildman–Crippen LogP) is 7.07. The summed E-state index contributed by atoms with van der Waals surface area (Å²) >= 11 is 0. The van der Waals surface area contributed by atoms with Crippen molar-refractivity contribution in [3.05, 3.63) is 60.2 Å². The SMILES string of the molecule is C/C(C/C(=N/OC(=O)C1CCCCC1)c1ccc(-c2ccccc2)cc1)=N\OC(=O)C1CCCCC1. The summed E-state index contributed by atoms with van der Waals surface area (Å²) in [5.74, 6) is -0.685. The molecule has 0 amide bonds. The quantitative estimate of drug-likeness (QED) is 0.226. The van der Waals surface area contributed by atoms with Crippen molar-refractivity contribution < 1.29 is 19.3 Å². The van der Waals surface area contributed by atoms with Crippen molar-refractivity contribution in [2.45, 2.75) is 77.6 Å². The molecule has 4 rings (SSSR count). The number of carbonyl (C=O) groups excluding carboxylic acids is 2. The molecule has 2 aromatic rings. The molecule has 6 heteroatoms. The second kappa shape index (κ2) is 13.1. The summed E-state index contributed by atoms with van der Waals surface area (Å²) in [6.07, 6.45) is 10.3. The molecule has 0 aliphatic heterocycles. The van der Waals surface area contributed by atoms with E-state index in [0.717, 1.165) is 68.1 Å². The van der Waals surface area contributed by atoms with E-state index >= 15 is 0 Å². The van der Waals surface area contributed by atoms with Crippen LogP contribution in [0.2, 0.25) is 0 Å². The Hall–Kier alpha value is -3.28. The van der Waals surface area contributed by atoms with Gasteiger partial charge in [0.05, 0.1) is 23.3 Å². The summed E-state index contributed by atoms with van der Waals surface area (Å²) in [5.41, 5.74) is 4.22. The molecule has 0 unspecified atom stereocenters. The van der Waals surface area contributed by atoms with Crippen molar-refractivity contribution in [2.24, 2.45) is 22.1 Å². The molecule has 2 fully saturated rings. The number of rotatable bonds is 8. The van der Waals surface area contributed by atoms with Crippen LogP contribution in [-0.4, -0.2) is 23.4 Å². The molecule has 0 heterocycles. The highest BCUT2D eigenvalue weighted by atomic mass is 16.7. The lowest BCUT2D eigenvalue weighted by Crippen LogP contribution is -2.20. The Balaban J connectivity index is 1.47. The van der Waals surface area contributed by atoms with Crippen LogP contribution in [-0.2, 0) is 19.3 Å². The molecular formula is C30H36N2O4. The largest absolute Gasteiger partial charge is 0.338 e. The number of nitrogens with zero attached hydrogens (tertiary/aromatic N) is 2. The number of carbonyl (C=O) groups is 2. The van der Waals surface area contributed by atoms with Crippen LogP contribution in [0.4, 0.5) is 0 Å². The highest BCUT2D eigenvalue weighted by molar-refractivity contribution is 6.12. The molecule has 190 valence electrons.